The molecule has 0 bridgehead atoms. The van der Waals surface area contributed by atoms with Crippen molar-refractivity contribution in [1.82, 2.24) is 5.32 Å². The van der Waals surface area contributed by atoms with Crippen LogP contribution in [0.4, 0.5) is 11.4 Å². The minimum Gasteiger partial charge on any atom is -0.373 e. The molecule has 0 aliphatic carbocycles. The van der Waals surface area contributed by atoms with Gasteiger partial charge in [0.1, 0.15) is 0 Å². The second kappa shape index (κ2) is 6.06. The summed E-state index contributed by atoms with van der Waals surface area (Å²) < 4.78 is 0. The molecule has 104 valence electrons. The van der Waals surface area contributed by atoms with Gasteiger partial charge in [0, 0.05) is 33.1 Å². The van der Waals surface area contributed by atoms with Gasteiger partial charge in [-0.3, -0.25) is 4.79 Å². The fourth-order valence-corrected chi connectivity index (χ4v) is 2.65. The predicted octanol–water partition coefficient (Wildman–Crippen LogP) is 1.71. The molecule has 1 aromatic rings. The van der Waals surface area contributed by atoms with E-state index < -0.39 is 0 Å². The summed E-state index contributed by atoms with van der Waals surface area (Å²) in [7, 11) is 3.97. The molecule has 0 aromatic heterocycles. The zero-order chi connectivity index (χ0) is 13.8. The third-order valence-corrected chi connectivity index (χ3v) is 3.55. The van der Waals surface area contributed by atoms with Crippen molar-refractivity contribution in [2.75, 3.05) is 43.5 Å². The van der Waals surface area contributed by atoms with Crippen LogP contribution in [0.3, 0.4) is 0 Å². The summed E-state index contributed by atoms with van der Waals surface area (Å²) in [6.07, 6.45) is 0.543. The van der Waals surface area contributed by atoms with E-state index in [0.29, 0.717) is 12.3 Å². The van der Waals surface area contributed by atoms with E-state index in [9.17, 15) is 4.79 Å². The molecule has 1 amide bonds. The van der Waals surface area contributed by atoms with Gasteiger partial charge in [0.25, 0.3) is 0 Å². The van der Waals surface area contributed by atoms with Gasteiger partial charge in [-0.05, 0) is 25.1 Å². The lowest BCUT2D eigenvalue weighted by Gasteiger charge is -2.24. The molecule has 1 heterocycles. The summed E-state index contributed by atoms with van der Waals surface area (Å²) in [5.41, 5.74) is 2.18. The number of para-hydroxylation sites is 2. The Kier molecular flexibility index (Phi) is 4.43. The molecule has 1 aliphatic heterocycles. The van der Waals surface area contributed by atoms with Gasteiger partial charge in [-0.1, -0.05) is 19.1 Å². The fourth-order valence-electron chi connectivity index (χ4n) is 2.65. The second-order valence-electron chi connectivity index (χ2n) is 5.33. The molecule has 0 saturated carbocycles. The second-order valence-corrected chi connectivity index (χ2v) is 5.33. The van der Waals surface area contributed by atoms with Crippen LogP contribution in [0.2, 0.25) is 0 Å². The van der Waals surface area contributed by atoms with Crippen LogP contribution >= 0.6 is 0 Å². The molecular weight excluding hydrogens is 238 g/mol. The first-order chi connectivity index (χ1) is 9.13. The van der Waals surface area contributed by atoms with E-state index in [-0.39, 0.29) is 5.91 Å². The standard InChI is InChI=1S/C15H23N3O/c1-12-10-17(3)13-6-4-5-7-14(13)18(11-12)15(19)8-9-16-2/h4-7,12,16H,8-11H2,1-3H3. The molecule has 1 aromatic carbocycles. The highest BCUT2D eigenvalue weighted by Crippen LogP contribution is 2.32. The normalized spacial score (nSPS) is 19.0. The van der Waals surface area contributed by atoms with Gasteiger partial charge in [0.05, 0.1) is 11.4 Å². The first-order valence-corrected chi connectivity index (χ1v) is 6.88. The lowest BCUT2D eigenvalue weighted by atomic mass is 10.1. The van der Waals surface area contributed by atoms with E-state index in [1.807, 2.05) is 30.1 Å². The van der Waals surface area contributed by atoms with Crippen molar-refractivity contribution in [1.29, 1.82) is 0 Å². The van der Waals surface area contributed by atoms with E-state index in [0.717, 1.165) is 31.0 Å². The monoisotopic (exact) mass is 261 g/mol. The summed E-state index contributed by atoms with van der Waals surface area (Å²) in [6, 6.07) is 8.16. The molecular formula is C15H23N3O. The number of fused-ring (bicyclic) bond motifs is 1. The lowest BCUT2D eigenvalue weighted by molar-refractivity contribution is -0.118. The maximum Gasteiger partial charge on any atom is 0.228 e. The van der Waals surface area contributed by atoms with Crippen molar-refractivity contribution >= 4 is 17.3 Å². The number of carbonyl (C=O) groups excluding carboxylic acids is 1. The van der Waals surface area contributed by atoms with Crippen LogP contribution < -0.4 is 15.1 Å². The van der Waals surface area contributed by atoms with E-state index in [1.54, 1.807) is 0 Å². The van der Waals surface area contributed by atoms with Gasteiger partial charge in [-0.2, -0.15) is 0 Å². The van der Waals surface area contributed by atoms with E-state index in [1.165, 1.54) is 0 Å². The first-order valence-electron chi connectivity index (χ1n) is 6.88. The van der Waals surface area contributed by atoms with Crippen molar-refractivity contribution in [3.8, 4) is 0 Å². The Bertz CT molecular complexity index is 447. The number of rotatable bonds is 3. The van der Waals surface area contributed by atoms with Gasteiger partial charge in [0.2, 0.25) is 5.91 Å². The largest absolute Gasteiger partial charge is 0.373 e. The molecule has 1 unspecified atom stereocenters. The maximum atomic E-state index is 12.4. The molecule has 0 fully saturated rings. The molecule has 1 aliphatic rings. The van der Waals surface area contributed by atoms with Gasteiger partial charge < -0.3 is 15.1 Å². The number of carbonyl (C=O) groups is 1. The third kappa shape index (κ3) is 3.07. The van der Waals surface area contributed by atoms with Crippen LogP contribution in [-0.4, -0.2) is 39.6 Å². The average Bonchev–Trinajstić information content (AvgIpc) is 2.53. The molecule has 1 N–H and O–H groups in total. The van der Waals surface area contributed by atoms with Crippen LogP contribution in [-0.2, 0) is 4.79 Å². The highest BCUT2D eigenvalue weighted by molar-refractivity contribution is 5.97. The van der Waals surface area contributed by atoms with Crippen molar-refractivity contribution in [3.05, 3.63) is 24.3 Å². The van der Waals surface area contributed by atoms with Gasteiger partial charge in [0.15, 0.2) is 0 Å². The molecule has 2 rings (SSSR count). The van der Waals surface area contributed by atoms with Crippen LogP contribution in [0.1, 0.15) is 13.3 Å². The molecule has 0 radical (unpaired) electrons. The Morgan fingerprint density at radius 2 is 2.00 bits per heavy atom. The number of anilines is 2. The Morgan fingerprint density at radius 1 is 1.32 bits per heavy atom. The molecule has 4 nitrogen and oxygen atoms in total. The number of benzene rings is 1. The number of amides is 1. The number of nitrogens with one attached hydrogen (secondary N) is 1. The SMILES string of the molecule is CNCCC(=O)N1CC(C)CN(C)c2ccccc21. The zero-order valence-corrected chi connectivity index (χ0v) is 12.0. The van der Waals surface area contributed by atoms with Crippen LogP contribution in [0.5, 0.6) is 0 Å². The van der Waals surface area contributed by atoms with Crippen molar-refractivity contribution in [3.63, 3.8) is 0 Å². The maximum absolute atomic E-state index is 12.4. The molecule has 19 heavy (non-hydrogen) atoms. The fraction of sp³-hybridized carbons (Fsp3) is 0.533. The highest BCUT2D eigenvalue weighted by atomic mass is 16.2. The van der Waals surface area contributed by atoms with E-state index in [4.69, 9.17) is 0 Å². The highest BCUT2D eigenvalue weighted by Gasteiger charge is 2.25. The van der Waals surface area contributed by atoms with Crippen molar-refractivity contribution in [2.45, 2.75) is 13.3 Å². The number of hydrogen-bond acceptors (Lipinski definition) is 3. The van der Waals surface area contributed by atoms with Gasteiger partial charge in [-0.15, -0.1) is 0 Å². The topological polar surface area (TPSA) is 35.6 Å². The summed E-state index contributed by atoms with van der Waals surface area (Å²) in [4.78, 5) is 16.6. The van der Waals surface area contributed by atoms with Crippen molar-refractivity contribution < 1.29 is 4.79 Å². The Labute approximate surface area is 115 Å². The van der Waals surface area contributed by atoms with E-state index in [2.05, 4.69) is 30.3 Å². The molecule has 0 saturated heterocycles. The Balaban J connectivity index is 2.30. The molecule has 1 atom stereocenters. The number of nitrogens with zero attached hydrogens (tertiary/aromatic N) is 2. The van der Waals surface area contributed by atoms with Crippen LogP contribution in [0.15, 0.2) is 24.3 Å². The summed E-state index contributed by atoms with van der Waals surface area (Å²) in [5, 5.41) is 3.04. The minimum atomic E-state index is 0.198. The van der Waals surface area contributed by atoms with Crippen LogP contribution in [0.25, 0.3) is 0 Å². The van der Waals surface area contributed by atoms with Gasteiger partial charge in [-0.25, -0.2) is 0 Å². The third-order valence-electron chi connectivity index (χ3n) is 3.55. The molecule has 0 spiro atoms. The van der Waals surface area contributed by atoms with Gasteiger partial charge >= 0.3 is 0 Å². The van der Waals surface area contributed by atoms with Crippen LogP contribution in [0, 0.1) is 5.92 Å². The quantitative estimate of drug-likeness (QED) is 0.900. The number of hydrogen-bond donors (Lipinski definition) is 1. The predicted molar refractivity (Wildman–Crippen MR) is 79.8 cm³/mol. The van der Waals surface area contributed by atoms with E-state index >= 15 is 0 Å². The molecule has 4 heteroatoms. The average molecular weight is 261 g/mol. The smallest absolute Gasteiger partial charge is 0.228 e. The first kappa shape index (κ1) is 13.9. The Hall–Kier alpha value is -1.55. The summed E-state index contributed by atoms with van der Waals surface area (Å²) in [6.45, 7) is 4.69. The minimum absolute atomic E-state index is 0.198. The van der Waals surface area contributed by atoms with Crippen molar-refractivity contribution in [2.24, 2.45) is 5.92 Å². The Morgan fingerprint density at radius 3 is 2.68 bits per heavy atom. The summed E-state index contributed by atoms with van der Waals surface area (Å²) in [5.74, 6) is 0.667. The summed E-state index contributed by atoms with van der Waals surface area (Å²) >= 11 is 0. The zero-order valence-electron chi connectivity index (χ0n) is 12.0. The lowest BCUT2D eigenvalue weighted by Crippen LogP contribution is -2.36.